The fourth-order valence-electron chi connectivity index (χ4n) is 2.82. The Kier molecular flexibility index (Phi) is 4.42. The van der Waals surface area contributed by atoms with Crippen molar-refractivity contribution < 1.29 is 23.2 Å². The number of thioether (sulfide) groups is 1. The molecule has 3 fully saturated rings. The minimum atomic E-state index is -3.09. The quantitative estimate of drug-likeness (QED) is 0.605. The summed E-state index contributed by atoms with van der Waals surface area (Å²) >= 11 is 1.78. The van der Waals surface area contributed by atoms with Crippen molar-refractivity contribution in [2.24, 2.45) is 0 Å². The zero-order chi connectivity index (χ0) is 15.7. The average molecular weight is 336 g/mol. The van der Waals surface area contributed by atoms with E-state index in [9.17, 15) is 18.4 Å². The topological polar surface area (TPSA) is 82.7 Å². The largest absolute Gasteiger partial charge is 0.327 e. The van der Waals surface area contributed by atoms with Gasteiger partial charge >= 0.3 is 6.03 Å². The number of fused-ring (bicyclic) bond motifs is 2. The molecule has 3 rings (SSSR count). The molecule has 124 valence electrons. The molecular weight excluding hydrogens is 318 g/mol. The summed E-state index contributed by atoms with van der Waals surface area (Å²) in [6, 6.07) is -2.94. The molecule has 2 bridgehead atoms. The highest BCUT2D eigenvalue weighted by molar-refractivity contribution is 7.99. The minimum absolute atomic E-state index is 0.117. The molecule has 0 saturated carbocycles. The molecule has 0 radical (unpaired) electrons. The van der Waals surface area contributed by atoms with Crippen molar-refractivity contribution in [3.05, 3.63) is 0 Å². The molecule has 3 N–H and O–H groups in total. The Morgan fingerprint density at radius 1 is 1.55 bits per heavy atom. The Hall–Kier alpha value is -1.13. The predicted octanol–water partition coefficient (Wildman–Crippen LogP) is -0.459. The molecule has 3 heterocycles. The summed E-state index contributed by atoms with van der Waals surface area (Å²) in [7, 11) is 0. The third-order valence-corrected chi connectivity index (χ3v) is 5.18. The highest BCUT2D eigenvalue weighted by Gasteiger charge is 2.56. The van der Waals surface area contributed by atoms with Crippen molar-refractivity contribution in [3.8, 4) is 0 Å². The first-order chi connectivity index (χ1) is 10.5. The molecule has 0 aromatic heterocycles. The number of hydrogen-bond donors (Lipinski definition) is 3. The van der Waals surface area contributed by atoms with Crippen molar-refractivity contribution in [2.75, 3.05) is 31.2 Å². The Labute approximate surface area is 130 Å². The summed E-state index contributed by atoms with van der Waals surface area (Å²) in [5, 5.41) is 5.43. The molecule has 7 nitrogen and oxygen atoms in total. The van der Waals surface area contributed by atoms with Gasteiger partial charge in [-0.2, -0.15) is 11.8 Å². The second kappa shape index (κ2) is 6.17. The van der Waals surface area contributed by atoms with E-state index in [1.807, 2.05) is 0 Å². The second-order valence-electron chi connectivity index (χ2n) is 5.64. The molecule has 10 heteroatoms. The summed E-state index contributed by atoms with van der Waals surface area (Å²) in [4.78, 5) is 29.9. The number of carbonyl (C=O) groups excluding carboxylic acids is 2. The normalized spacial score (nSPS) is 33.5. The molecule has 3 atom stereocenters. The number of halogens is 2. The second-order valence-corrected chi connectivity index (χ2v) is 6.79. The molecule has 0 aromatic rings. The number of nitrogens with one attached hydrogen (secondary N) is 3. The van der Waals surface area contributed by atoms with Crippen molar-refractivity contribution in [2.45, 2.75) is 30.5 Å². The maximum absolute atomic E-state index is 13.8. The average Bonchev–Trinajstić information content (AvgIpc) is 2.84. The van der Waals surface area contributed by atoms with Gasteiger partial charge in [0, 0.05) is 37.1 Å². The number of alkyl halides is 2. The SMILES string of the molecule is O=C(NOCC1CSCCN1)C1CC(F)(F)C2CN1C(=O)N2. The van der Waals surface area contributed by atoms with Crippen LogP contribution in [0, 0.1) is 0 Å². The number of amides is 3. The van der Waals surface area contributed by atoms with Crippen molar-refractivity contribution in [1.29, 1.82) is 0 Å². The molecule has 3 unspecified atom stereocenters. The molecule has 0 spiro atoms. The van der Waals surface area contributed by atoms with E-state index in [0.29, 0.717) is 0 Å². The Morgan fingerprint density at radius 2 is 2.36 bits per heavy atom. The molecule has 22 heavy (non-hydrogen) atoms. The highest BCUT2D eigenvalue weighted by Crippen LogP contribution is 2.35. The fourth-order valence-corrected chi connectivity index (χ4v) is 3.75. The van der Waals surface area contributed by atoms with Crippen LogP contribution in [0.25, 0.3) is 0 Å². The van der Waals surface area contributed by atoms with Crippen molar-refractivity contribution in [3.63, 3.8) is 0 Å². The number of carbonyl (C=O) groups is 2. The van der Waals surface area contributed by atoms with Gasteiger partial charge in [-0.05, 0) is 0 Å². The maximum Gasteiger partial charge on any atom is 0.318 e. The van der Waals surface area contributed by atoms with Crippen LogP contribution in [0.15, 0.2) is 0 Å². The zero-order valence-corrected chi connectivity index (χ0v) is 12.6. The fraction of sp³-hybridized carbons (Fsp3) is 0.833. The van der Waals surface area contributed by atoms with Gasteiger partial charge in [0.25, 0.3) is 11.8 Å². The number of nitrogens with zero attached hydrogens (tertiary/aromatic N) is 1. The van der Waals surface area contributed by atoms with Gasteiger partial charge in [0.1, 0.15) is 12.1 Å². The molecule has 3 aliphatic rings. The summed E-state index contributed by atoms with van der Waals surface area (Å²) in [5.74, 6) is -1.90. The molecule has 3 saturated heterocycles. The first-order valence-corrected chi connectivity index (χ1v) is 8.30. The highest BCUT2D eigenvalue weighted by atomic mass is 32.2. The van der Waals surface area contributed by atoms with Gasteiger partial charge < -0.3 is 15.5 Å². The Balaban J connectivity index is 1.51. The predicted molar refractivity (Wildman–Crippen MR) is 75.6 cm³/mol. The van der Waals surface area contributed by atoms with E-state index >= 15 is 0 Å². The van der Waals surface area contributed by atoms with Crippen LogP contribution in [0.2, 0.25) is 0 Å². The lowest BCUT2D eigenvalue weighted by Crippen LogP contribution is -2.56. The van der Waals surface area contributed by atoms with Gasteiger partial charge in [0.2, 0.25) is 0 Å². The lowest BCUT2D eigenvalue weighted by molar-refractivity contribution is -0.146. The van der Waals surface area contributed by atoms with Gasteiger partial charge in [-0.25, -0.2) is 19.1 Å². The van der Waals surface area contributed by atoms with Gasteiger partial charge in [-0.15, -0.1) is 0 Å². The van der Waals surface area contributed by atoms with E-state index in [-0.39, 0.29) is 19.2 Å². The maximum atomic E-state index is 13.8. The lowest BCUT2D eigenvalue weighted by atomic mass is 9.96. The van der Waals surface area contributed by atoms with Gasteiger partial charge in [-0.3, -0.25) is 9.63 Å². The standard InChI is InChI=1S/C12H18F2N4O3S/c13-12(14)3-8(18-4-9(12)16-11(18)20)10(19)17-21-5-7-6-22-2-1-15-7/h7-9,15H,1-6H2,(H,16,20)(H,17,19). The first-order valence-electron chi connectivity index (χ1n) is 7.15. The van der Waals surface area contributed by atoms with Crippen LogP contribution < -0.4 is 16.1 Å². The molecule has 0 aromatic carbocycles. The number of rotatable bonds is 4. The van der Waals surface area contributed by atoms with Crippen LogP contribution in [0.4, 0.5) is 13.6 Å². The smallest absolute Gasteiger partial charge is 0.318 e. The van der Waals surface area contributed by atoms with E-state index in [0.717, 1.165) is 23.0 Å². The summed E-state index contributed by atoms with van der Waals surface area (Å²) in [6.45, 7) is 0.970. The van der Waals surface area contributed by atoms with Gasteiger partial charge in [0.05, 0.1) is 6.61 Å². The first kappa shape index (κ1) is 15.8. The molecule has 3 amide bonds. The van der Waals surface area contributed by atoms with Crippen LogP contribution in [0.1, 0.15) is 6.42 Å². The zero-order valence-electron chi connectivity index (χ0n) is 11.8. The Bertz CT molecular complexity index is 462. The van der Waals surface area contributed by atoms with E-state index < -0.39 is 36.4 Å². The van der Waals surface area contributed by atoms with Crippen LogP contribution in [-0.2, 0) is 9.63 Å². The summed E-state index contributed by atoms with van der Waals surface area (Å²) in [6.07, 6.45) is -0.691. The van der Waals surface area contributed by atoms with Gasteiger partial charge in [0.15, 0.2) is 0 Å². The number of hydrogen-bond acceptors (Lipinski definition) is 5. The number of hydroxylamine groups is 1. The lowest BCUT2D eigenvalue weighted by Gasteiger charge is -2.34. The minimum Gasteiger partial charge on any atom is -0.327 e. The van der Waals surface area contributed by atoms with Crippen LogP contribution in [0.5, 0.6) is 0 Å². The molecular formula is C12H18F2N4O3S. The van der Waals surface area contributed by atoms with Crippen LogP contribution in [0.3, 0.4) is 0 Å². The van der Waals surface area contributed by atoms with Crippen molar-refractivity contribution in [1.82, 2.24) is 21.0 Å². The molecule has 3 aliphatic heterocycles. The van der Waals surface area contributed by atoms with E-state index in [1.54, 1.807) is 11.8 Å². The third-order valence-electron chi connectivity index (χ3n) is 4.05. The Morgan fingerprint density at radius 3 is 3.09 bits per heavy atom. The monoisotopic (exact) mass is 336 g/mol. The van der Waals surface area contributed by atoms with Crippen LogP contribution in [-0.4, -0.2) is 72.1 Å². The summed E-state index contributed by atoms with van der Waals surface area (Å²) < 4.78 is 27.6. The third kappa shape index (κ3) is 3.13. The number of piperidine rings is 1. The number of urea groups is 1. The van der Waals surface area contributed by atoms with Gasteiger partial charge in [-0.1, -0.05) is 0 Å². The van der Waals surface area contributed by atoms with E-state index in [2.05, 4.69) is 16.1 Å². The summed E-state index contributed by atoms with van der Waals surface area (Å²) in [5.41, 5.74) is 2.20. The van der Waals surface area contributed by atoms with E-state index in [1.165, 1.54) is 0 Å². The van der Waals surface area contributed by atoms with Crippen molar-refractivity contribution >= 4 is 23.7 Å². The molecule has 0 aliphatic carbocycles. The van der Waals surface area contributed by atoms with Crippen LogP contribution >= 0.6 is 11.8 Å². The van der Waals surface area contributed by atoms with E-state index in [4.69, 9.17) is 4.84 Å².